The summed E-state index contributed by atoms with van der Waals surface area (Å²) in [5.41, 5.74) is 4.64. The van der Waals surface area contributed by atoms with E-state index >= 15 is 0 Å². The standard InChI is InChI=1S/C15H12N2S2.C7H7NS/c1-8-3-12-14(18-8)6-10(16-12)5-11-7-15-13(17-11)4-9(2)19-15;1-5-4-6-7(9-5)2-3-8-6/h3-7,16H,1-2H3;2-4,8H,1H3/b11-5-;. The van der Waals surface area contributed by atoms with Crippen LogP contribution in [0.4, 0.5) is 0 Å². The Balaban J connectivity index is 0.000000158. The second kappa shape index (κ2) is 6.88. The van der Waals surface area contributed by atoms with Crippen molar-refractivity contribution in [2.75, 3.05) is 0 Å². The molecule has 2 N–H and O–H groups in total. The highest BCUT2D eigenvalue weighted by atomic mass is 32.1. The SMILES string of the molecule is Cc1cc2[nH]ccc2s1.Cc1cc2c(s1)=C/C(=C/c1cc3sc(C)cc3[nH]1)N=2. The van der Waals surface area contributed by atoms with Crippen molar-refractivity contribution < 1.29 is 0 Å². The average molecular weight is 422 g/mol. The highest BCUT2D eigenvalue weighted by molar-refractivity contribution is 7.19. The number of hydrogen-bond acceptors (Lipinski definition) is 4. The molecule has 0 unspecified atom stereocenters. The zero-order valence-corrected chi connectivity index (χ0v) is 18.2. The van der Waals surface area contributed by atoms with Crippen molar-refractivity contribution in [3.05, 3.63) is 72.4 Å². The van der Waals surface area contributed by atoms with Gasteiger partial charge < -0.3 is 9.97 Å². The summed E-state index contributed by atoms with van der Waals surface area (Å²) in [6.45, 7) is 6.38. The summed E-state index contributed by atoms with van der Waals surface area (Å²) in [6, 6.07) is 10.8. The van der Waals surface area contributed by atoms with Gasteiger partial charge in [-0.2, -0.15) is 0 Å². The Labute approximate surface area is 174 Å². The molecule has 0 atom stereocenters. The Morgan fingerprint density at radius 3 is 2.36 bits per heavy atom. The van der Waals surface area contributed by atoms with Gasteiger partial charge in [-0.25, -0.2) is 4.99 Å². The Kier molecular flexibility index (Phi) is 4.34. The highest BCUT2D eigenvalue weighted by Crippen LogP contribution is 2.26. The van der Waals surface area contributed by atoms with Crippen LogP contribution in [0.5, 0.6) is 0 Å². The van der Waals surface area contributed by atoms with Crippen LogP contribution in [0.25, 0.3) is 32.6 Å². The topological polar surface area (TPSA) is 43.9 Å². The predicted molar refractivity (Wildman–Crippen MR) is 124 cm³/mol. The van der Waals surface area contributed by atoms with Crippen LogP contribution in [0.3, 0.4) is 0 Å². The van der Waals surface area contributed by atoms with Crippen LogP contribution in [-0.4, -0.2) is 9.97 Å². The van der Waals surface area contributed by atoms with Gasteiger partial charge >= 0.3 is 0 Å². The third-order valence-electron chi connectivity index (χ3n) is 4.50. The molecule has 1 aliphatic heterocycles. The molecule has 5 aromatic rings. The zero-order valence-electron chi connectivity index (χ0n) is 15.8. The minimum absolute atomic E-state index is 1.03. The van der Waals surface area contributed by atoms with Crippen molar-refractivity contribution in [2.45, 2.75) is 20.8 Å². The van der Waals surface area contributed by atoms with Crippen molar-refractivity contribution in [1.82, 2.24) is 9.97 Å². The van der Waals surface area contributed by atoms with Gasteiger partial charge in [-0.15, -0.1) is 34.0 Å². The number of aromatic nitrogens is 2. The number of fused-ring (bicyclic) bond motifs is 3. The van der Waals surface area contributed by atoms with Gasteiger partial charge in [0.2, 0.25) is 0 Å². The Bertz CT molecular complexity index is 1350. The summed E-state index contributed by atoms with van der Waals surface area (Å²) in [5, 5.41) is 1.11. The smallest absolute Gasteiger partial charge is 0.0820 e. The summed E-state index contributed by atoms with van der Waals surface area (Å²) in [6.07, 6.45) is 6.25. The molecule has 6 heterocycles. The van der Waals surface area contributed by atoms with Crippen LogP contribution >= 0.6 is 34.0 Å². The maximum Gasteiger partial charge on any atom is 0.0820 e. The quantitative estimate of drug-likeness (QED) is 0.338. The van der Waals surface area contributed by atoms with Crippen LogP contribution in [0, 0.1) is 20.8 Å². The molecule has 6 rings (SSSR count). The number of nitrogens with zero attached hydrogens (tertiary/aromatic N) is 1. The number of aryl methyl sites for hydroxylation is 3. The van der Waals surface area contributed by atoms with Crippen molar-refractivity contribution >= 4 is 66.6 Å². The third kappa shape index (κ3) is 3.39. The molecule has 6 heteroatoms. The first-order chi connectivity index (χ1) is 13.5. The molecule has 0 saturated carbocycles. The number of thiophene rings is 3. The number of rotatable bonds is 1. The van der Waals surface area contributed by atoms with Gasteiger partial charge in [-0.05, 0) is 63.3 Å². The Morgan fingerprint density at radius 1 is 0.857 bits per heavy atom. The molecule has 0 saturated heterocycles. The average Bonchev–Trinajstić information content (AvgIpc) is 3.38. The van der Waals surface area contributed by atoms with Gasteiger partial charge in [0.1, 0.15) is 0 Å². The minimum Gasteiger partial charge on any atom is -0.360 e. The second-order valence-corrected chi connectivity index (χ2v) is 10.8. The van der Waals surface area contributed by atoms with E-state index in [9.17, 15) is 0 Å². The van der Waals surface area contributed by atoms with Gasteiger partial charge in [0, 0.05) is 26.5 Å². The summed E-state index contributed by atoms with van der Waals surface area (Å²) in [5.74, 6) is 0. The maximum absolute atomic E-state index is 4.64. The lowest BCUT2D eigenvalue weighted by atomic mass is 10.3. The van der Waals surface area contributed by atoms with Gasteiger partial charge in [-0.3, -0.25) is 0 Å². The largest absolute Gasteiger partial charge is 0.360 e. The first-order valence-corrected chi connectivity index (χ1v) is 11.5. The summed E-state index contributed by atoms with van der Waals surface area (Å²) >= 11 is 5.45. The normalized spacial score (nSPS) is 14.2. The third-order valence-corrected chi connectivity index (χ3v) is 7.50. The van der Waals surface area contributed by atoms with Crippen LogP contribution < -0.4 is 9.89 Å². The molecule has 5 aromatic heterocycles. The number of hydrogen-bond donors (Lipinski definition) is 2. The van der Waals surface area contributed by atoms with E-state index in [1.54, 1.807) is 11.3 Å². The number of allylic oxidation sites excluding steroid dienone is 1. The first-order valence-electron chi connectivity index (χ1n) is 9.05. The van der Waals surface area contributed by atoms with Crippen molar-refractivity contribution in [1.29, 1.82) is 0 Å². The molecule has 0 radical (unpaired) electrons. The van der Waals surface area contributed by atoms with Crippen molar-refractivity contribution in [3.8, 4) is 0 Å². The second-order valence-electron chi connectivity index (χ2n) is 6.90. The highest BCUT2D eigenvalue weighted by Gasteiger charge is 2.06. The van der Waals surface area contributed by atoms with E-state index in [4.69, 9.17) is 0 Å². The molecule has 0 spiro atoms. The van der Waals surface area contributed by atoms with Crippen LogP contribution in [0.15, 0.2) is 47.2 Å². The minimum atomic E-state index is 1.03. The van der Waals surface area contributed by atoms with E-state index in [0.29, 0.717) is 0 Å². The first kappa shape index (κ1) is 17.7. The fraction of sp³-hybridized carbons (Fsp3) is 0.136. The lowest BCUT2D eigenvalue weighted by Crippen LogP contribution is -2.12. The van der Waals surface area contributed by atoms with E-state index in [1.807, 2.05) is 28.9 Å². The molecular weight excluding hydrogens is 402 g/mol. The Hall–Kier alpha value is -2.41. The van der Waals surface area contributed by atoms with Gasteiger partial charge in [0.15, 0.2) is 0 Å². The predicted octanol–water partition coefficient (Wildman–Crippen LogP) is 5.90. The monoisotopic (exact) mass is 421 g/mol. The lowest BCUT2D eigenvalue weighted by molar-refractivity contribution is 1.34. The van der Waals surface area contributed by atoms with E-state index in [0.717, 1.165) is 16.7 Å². The van der Waals surface area contributed by atoms with E-state index in [2.05, 4.69) is 78.2 Å². The number of nitrogens with one attached hydrogen (secondary N) is 2. The molecular formula is C22H19N3S3. The summed E-state index contributed by atoms with van der Waals surface area (Å²) in [4.78, 5) is 15.3. The van der Waals surface area contributed by atoms with E-state index in [1.165, 1.54) is 39.6 Å². The van der Waals surface area contributed by atoms with E-state index in [-0.39, 0.29) is 0 Å². The van der Waals surface area contributed by atoms with E-state index < -0.39 is 0 Å². The van der Waals surface area contributed by atoms with Crippen molar-refractivity contribution in [3.63, 3.8) is 0 Å². The van der Waals surface area contributed by atoms with Crippen molar-refractivity contribution in [2.24, 2.45) is 4.99 Å². The van der Waals surface area contributed by atoms with Crippen LogP contribution in [-0.2, 0) is 0 Å². The lowest BCUT2D eigenvalue weighted by Gasteiger charge is -1.89. The molecule has 28 heavy (non-hydrogen) atoms. The van der Waals surface area contributed by atoms with Gasteiger partial charge in [0.05, 0.1) is 36.0 Å². The van der Waals surface area contributed by atoms with Crippen LogP contribution in [0.2, 0.25) is 0 Å². The molecule has 1 aliphatic rings. The molecule has 0 amide bonds. The van der Waals surface area contributed by atoms with Gasteiger partial charge in [0.25, 0.3) is 0 Å². The zero-order chi connectivity index (χ0) is 19.3. The maximum atomic E-state index is 4.64. The number of H-pyrrole nitrogens is 2. The fourth-order valence-corrected chi connectivity index (χ4v) is 6.10. The Morgan fingerprint density at radius 2 is 1.61 bits per heavy atom. The fourth-order valence-electron chi connectivity index (χ4n) is 3.37. The molecule has 0 bridgehead atoms. The summed E-state index contributed by atoms with van der Waals surface area (Å²) < 4.78 is 3.94. The molecule has 3 nitrogen and oxygen atoms in total. The number of aromatic amines is 2. The summed E-state index contributed by atoms with van der Waals surface area (Å²) in [7, 11) is 0. The molecule has 0 fully saturated rings. The van der Waals surface area contributed by atoms with Crippen LogP contribution in [0.1, 0.15) is 20.3 Å². The molecule has 140 valence electrons. The molecule has 0 aliphatic carbocycles. The van der Waals surface area contributed by atoms with Gasteiger partial charge in [-0.1, -0.05) is 0 Å². The molecule has 0 aromatic carbocycles.